The average molecular weight is 347 g/mol. The van der Waals surface area contributed by atoms with Gasteiger partial charge in [-0.05, 0) is 23.8 Å². The number of rotatable bonds is 8. The van der Waals surface area contributed by atoms with Gasteiger partial charge in [-0.1, -0.05) is 13.5 Å². The number of aliphatic hydroxyl groups excluding tert-OH is 1. The van der Waals surface area contributed by atoms with E-state index in [0.717, 1.165) is 0 Å². The fourth-order valence-electron chi connectivity index (χ4n) is 1.92. The van der Waals surface area contributed by atoms with Crippen LogP contribution in [0.1, 0.15) is 24.0 Å². The Bertz CT molecular complexity index is 765. The molecule has 10 heteroatoms. The molecule has 2 aromatic rings. The predicted molar refractivity (Wildman–Crippen MR) is 88.9 cm³/mol. The van der Waals surface area contributed by atoms with E-state index in [1.165, 1.54) is 4.80 Å². The Hall–Kier alpha value is -3.01. The first kappa shape index (κ1) is 18.3. The van der Waals surface area contributed by atoms with Crippen molar-refractivity contribution in [2.45, 2.75) is 19.4 Å². The lowest BCUT2D eigenvalue weighted by Crippen LogP contribution is -2.40. The lowest BCUT2D eigenvalue weighted by Gasteiger charge is -2.12. The molecule has 0 aliphatic rings. The molecular weight excluding hydrogens is 326 g/mol. The zero-order chi connectivity index (χ0) is 18.4. The normalized spacial score (nSPS) is 11.8. The van der Waals surface area contributed by atoms with E-state index in [0.29, 0.717) is 17.8 Å². The molecule has 0 bridgehead atoms. The van der Waals surface area contributed by atoms with Crippen molar-refractivity contribution in [2.75, 3.05) is 13.1 Å². The van der Waals surface area contributed by atoms with Crippen molar-refractivity contribution in [3.8, 4) is 5.82 Å². The topological polar surface area (TPSA) is 127 Å². The standard InChI is InChI=1S/C15H21N7O3/c1-4-10(2)14(24)16-8-11(23)9-17-15(25)13-18-20-22(19-13)12-6-5-7-21(12)3/h5-7,11,23H,2,4,8-9H2,1,3H3,(H,16,24)(H,17,25). The second-order valence-electron chi connectivity index (χ2n) is 5.41. The number of carbonyl (C=O) groups is 2. The summed E-state index contributed by atoms with van der Waals surface area (Å²) >= 11 is 0. The highest BCUT2D eigenvalue weighted by Gasteiger charge is 2.16. The second-order valence-corrected chi connectivity index (χ2v) is 5.41. The molecule has 0 aliphatic heterocycles. The van der Waals surface area contributed by atoms with Gasteiger partial charge in [-0.3, -0.25) is 9.59 Å². The quantitative estimate of drug-likeness (QED) is 0.535. The maximum atomic E-state index is 12.0. The molecule has 2 heterocycles. The van der Waals surface area contributed by atoms with Crippen molar-refractivity contribution in [2.24, 2.45) is 7.05 Å². The molecular formula is C15H21N7O3. The van der Waals surface area contributed by atoms with Gasteiger partial charge in [0.25, 0.3) is 11.7 Å². The van der Waals surface area contributed by atoms with Crippen LogP contribution in [0.3, 0.4) is 0 Å². The van der Waals surface area contributed by atoms with Crippen LogP contribution in [0.25, 0.3) is 5.82 Å². The number of tetrazole rings is 1. The third kappa shape index (κ3) is 4.73. The lowest BCUT2D eigenvalue weighted by atomic mass is 10.2. The highest BCUT2D eigenvalue weighted by Crippen LogP contribution is 2.03. The fourth-order valence-corrected chi connectivity index (χ4v) is 1.92. The molecule has 0 spiro atoms. The highest BCUT2D eigenvalue weighted by molar-refractivity contribution is 5.92. The van der Waals surface area contributed by atoms with Crippen molar-refractivity contribution >= 4 is 11.8 Å². The molecule has 25 heavy (non-hydrogen) atoms. The van der Waals surface area contributed by atoms with Gasteiger partial charge in [0.05, 0.1) is 6.10 Å². The highest BCUT2D eigenvalue weighted by atomic mass is 16.3. The Morgan fingerprint density at radius 2 is 2.08 bits per heavy atom. The number of nitrogens with zero attached hydrogens (tertiary/aromatic N) is 5. The average Bonchev–Trinajstić information content (AvgIpc) is 3.25. The van der Waals surface area contributed by atoms with Gasteiger partial charge in [0, 0.05) is 31.9 Å². The van der Waals surface area contributed by atoms with E-state index < -0.39 is 12.0 Å². The van der Waals surface area contributed by atoms with E-state index in [9.17, 15) is 14.7 Å². The molecule has 1 atom stereocenters. The van der Waals surface area contributed by atoms with E-state index in [-0.39, 0.29) is 24.8 Å². The monoisotopic (exact) mass is 347 g/mol. The molecule has 0 aliphatic carbocycles. The number of hydrogen-bond acceptors (Lipinski definition) is 6. The first-order valence-corrected chi connectivity index (χ1v) is 7.76. The van der Waals surface area contributed by atoms with Crippen LogP contribution in [0.5, 0.6) is 0 Å². The Labute approximate surface area is 144 Å². The van der Waals surface area contributed by atoms with Crippen LogP contribution in [0.2, 0.25) is 0 Å². The van der Waals surface area contributed by atoms with Crippen molar-refractivity contribution in [3.05, 3.63) is 36.3 Å². The first-order valence-electron chi connectivity index (χ1n) is 7.76. The van der Waals surface area contributed by atoms with Crippen LogP contribution in [0.15, 0.2) is 30.5 Å². The third-order valence-corrected chi connectivity index (χ3v) is 3.48. The maximum absolute atomic E-state index is 12.0. The van der Waals surface area contributed by atoms with Crippen LogP contribution in [0, 0.1) is 0 Å². The summed E-state index contributed by atoms with van der Waals surface area (Å²) in [7, 11) is 1.82. The third-order valence-electron chi connectivity index (χ3n) is 3.48. The van der Waals surface area contributed by atoms with Crippen molar-refractivity contribution in [1.29, 1.82) is 0 Å². The summed E-state index contributed by atoms with van der Waals surface area (Å²) in [5, 5.41) is 26.4. The first-order chi connectivity index (χ1) is 11.9. The van der Waals surface area contributed by atoms with Gasteiger partial charge in [0.1, 0.15) is 0 Å². The summed E-state index contributed by atoms with van der Waals surface area (Å²) in [5.74, 6) is -0.342. The summed E-state index contributed by atoms with van der Waals surface area (Å²) < 4.78 is 1.78. The maximum Gasteiger partial charge on any atom is 0.293 e. The summed E-state index contributed by atoms with van der Waals surface area (Å²) in [5.41, 5.74) is 0.428. The molecule has 2 aromatic heterocycles. The van der Waals surface area contributed by atoms with E-state index in [1.54, 1.807) is 10.6 Å². The fraction of sp³-hybridized carbons (Fsp3) is 0.400. The number of aromatic nitrogens is 5. The van der Waals surface area contributed by atoms with Gasteiger partial charge >= 0.3 is 0 Å². The van der Waals surface area contributed by atoms with Crippen LogP contribution in [-0.4, -0.2) is 60.9 Å². The van der Waals surface area contributed by atoms with Crippen LogP contribution >= 0.6 is 0 Å². The van der Waals surface area contributed by atoms with E-state index in [1.807, 2.05) is 26.2 Å². The predicted octanol–water partition coefficient (Wildman–Crippen LogP) is -0.826. The minimum absolute atomic E-state index is 0.00159. The van der Waals surface area contributed by atoms with Gasteiger partial charge in [0.15, 0.2) is 5.82 Å². The zero-order valence-electron chi connectivity index (χ0n) is 14.1. The van der Waals surface area contributed by atoms with E-state index in [4.69, 9.17) is 0 Å². The molecule has 134 valence electrons. The summed E-state index contributed by atoms with van der Waals surface area (Å²) in [6.45, 7) is 5.36. The molecule has 0 radical (unpaired) electrons. The SMILES string of the molecule is C=C(CC)C(=O)NCC(O)CNC(=O)c1nnn(-c2cccn2C)n1. The number of carbonyl (C=O) groups excluding carboxylic acids is 2. The van der Waals surface area contributed by atoms with Crippen molar-refractivity contribution < 1.29 is 14.7 Å². The molecule has 2 rings (SSSR count). The van der Waals surface area contributed by atoms with Crippen molar-refractivity contribution in [1.82, 2.24) is 35.4 Å². The Kier molecular flexibility index (Phi) is 6.01. The Morgan fingerprint density at radius 3 is 2.72 bits per heavy atom. The van der Waals surface area contributed by atoms with Gasteiger partial charge in [-0.2, -0.15) is 0 Å². The molecule has 0 saturated carbocycles. The van der Waals surface area contributed by atoms with Gasteiger partial charge < -0.3 is 20.3 Å². The van der Waals surface area contributed by atoms with Gasteiger partial charge in [-0.25, -0.2) is 0 Å². The van der Waals surface area contributed by atoms with Crippen LogP contribution in [0.4, 0.5) is 0 Å². The number of aliphatic hydroxyl groups is 1. The number of aryl methyl sites for hydroxylation is 1. The smallest absolute Gasteiger partial charge is 0.293 e. The minimum atomic E-state index is -0.944. The molecule has 0 aromatic carbocycles. The Morgan fingerprint density at radius 1 is 1.36 bits per heavy atom. The minimum Gasteiger partial charge on any atom is -0.389 e. The van der Waals surface area contributed by atoms with Crippen LogP contribution < -0.4 is 10.6 Å². The molecule has 0 fully saturated rings. The summed E-state index contributed by atoms with van der Waals surface area (Å²) in [4.78, 5) is 24.8. The lowest BCUT2D eigenvalue weighted by molar-refractivity contribution is -0.118. The number of nitrogens with one attached hydrogen (secondary N) is 2. The summed E-state index contributed by atoms with van der Waals surface area (Å²) in [6, 6.07) is 3.59. The largest absolute Gasteiger partial charge is 0.389 e. The summed E-state index contributed by atoms with van der Waals surface area (Å²) in [6.07, 6.45) is 1.40. The molecule has 0 saturated heterocycles. The number of amides is 2. The van der Waals surface area contributed by atoms with E-state index in [2.05, 4.69) is 32.6 Å². The van der Waals surface area contributed by atoms with Gasteiger partial charge in [-0.15, -0.1) is 15.0 Å². The Balaban J connectivity index is 1.82. The number of hydrogen-bond donors (Lipinski definition) is 3. The molecule has 2 amide bonds. The molecule has 1 unspecified atom stereocenters. The van der Waals surface area contributed by atoms with Crippen molar-refractivity contribution in [3.63, 3.8) is 0 Å². The van der Waals surface area contributed by atoms with Gasteiger partial charge in [0.2, 0.25) is 5.91 Å². The zero-order valence-corrected chi connectivity index (χ0v) is 14.1. The molecule has 10 nitrogen and oxygen atoms in total. The second kappa shape index (κ2) is 8.20. The molecule has 3 N–H and O–H groups in total. The van der Waals surface area contributed by atoms with E-state index >= 15 is 0 Å². The van der Waals surface area contributed by atoms with Crippen LogP contribution in [-0.2, 0) is 11.8 Å².